The fourth-order valence-electron chi connectivity index (χ4n) is 2.53. The molecule has 0 radical (unpaired) electrons. The summed E-state index contributed by atoms with van der Waals surface area (Å²) in [6, 6.07) is 9.32. The summed E-state index contributed by atoms with van der Waals surface area (Å²) < 4.78 is 0. The predicted octanol–water partition coefficient (Wildman–Crippen LogP) is 1.47. The van der Waals surface area contributed by atoms with Crippen LogP contribution in [0.3, 0.4) is 0 Å². The van der Waals surface area contributed by atoms with E-state index in [0.717, 1.165) is 5.56 Å². The second kappa shape index (κ2) is 4.46. The Bertz CT molecular complexity index is 509. The Labute approximate surface area is 113 Å². The van der Waals surface area contributed by atoms with E-state index in [1.54, 1.807) is 20.8 Å². The van der Waals surface area contributed by atoms with Gasteiger partial charge in [-0.2, -0.15) is 0 Å². The van der Waals surface area contributed by atoms with Crippen molar-refractivity contribution < 1.29 is 14.7 Å². The van der Waals surface area contributed by atoms with Crippen molar-refractivity contribution in [2.45, 2.75) is 38.1 Å². The number of hydrogen-bond donors (Lipinski definition) is 1. The number of likely N-dealkylation sites (tertiary alicyclic amines) is 1. The molecule has 1 N–H and O–H groups in total. The lowest BCUT2D eigenvalue weighted by molar-refractivity contribution is -0.147. The number of carbonyl (C=O) groups is 2. The van der Waals surface area contributed by atoms with Crippen molar-refractivity contribution in [2.24, 2.45) is 0 Å². The number of imide groups is 1. The molecular formula is C15H19NO3. The molecule has 2 rings (SSSR count). The van der Waals surface area contributed by atoms with Crippen LogP contribution < -0.4 is 0 Å². The van der Waals surface area contributed by atoms with Crippen molar-refractivity contribution in [1.29, 1.82) is 0 Å². The van der Waals surface area contributed by atoms with Crippen LogP contribution in [0.2, 0.25) is 0 Å². The van der Waals surface area contributed by atoms with E-state index in [0.29, 0.717) is 0 Å². The molecule has 0 aliphatic carbocycles. The average Bonchev–Trinajstić information content (AvgIpc) is 2.62. The summed E-state index contributed by atoms with van der Waals surface area (Å²) in [6.45, 7) is 4.93. The molecule has 1 unspecified atom stereocenters. The number of rotatable bonds is 3. The summed E-state index contributed by atoms with van der Waals surface area (Å²) in [5, 5.41) is 9.38. The third-order valence-corrected chi connectivity index (χ3v) is 3.83. The summed E-state index contributed by atoms with van der Waals surface area (Å²) >= 11 is 0. The van der Waals surface area contributed by atoms with Gasteiger partial charge in [-0.15, -0.1) is 0 Å². The number of aliphatic hydroxyl groups excluding tert-OH is 1. The van der Waals surface area contributed by atoms with E-state index >= 15 is 0 Å². The maximum Gasteiger partial charge on any atom is 0.240 e. The van der Waals surface area contributed by atoms with E-state index in [1.165, 1.54) is 4.90 Å². The monoisotopic (exact) mass is 261 g/mol. The Morgan fingerprint density at radius 3 is 2.37 bits per heavy atom. The summed E-state index contributed by atoms with van der Waals surface area (Å²) in [7, 11) is 0. The SMILES string of the molecule is CC1(c2ccccc2)CC(=O)N(C(C)(C)CO)C1=O. The summed E-state index contributed by atoms with van der Waals surface area (Å²) in [5.74, 6) is -0.460. The van der Waals surface area contributed by atoms with Crippen LogP contribution in [0.15, 0.2) is 30.3 Å². The van der Waals surface area contributed by atoms with Crippen LogP contribution in [0.25, 0.3) is 0 Å². The first-order valence-electron chi connectivity index (χ1n) is 6.37. The molecule has 0 aromatic heterocycles. The third kappa shape index (κ3) is 2.06. The number of nitrogens with zero attached hydrogens (tertiary/aromatic N) is 1. The zero-order valence-corrected chi connectivity index (χ0v) is 11.5. The van der Waals surface area contributed by atoms with E-state index in [2.05, 4.69) is 0 Å². The second-order valence-corrected chi connectivity index (χ2v) is 5.88. The highest BCUT2D eigenvalue weighted by Crippen LogP contribution is 2.39. The molecule has 1 aromatic rings. The van der Waals surface area contributed by atoms with Gasteiger partial charge in [-0.05, 0) is 26.3 Å². The fraction of sp³-hybridized carbons (Fsp3) is 0.467. The lowest BCUT2D eigenvalue weighted by Gasteiger charge is -2.33. The Balaban J connectivity index is 2.43. The molecule has 1 aliphatic rings. The van der Waals surface area contributed by atoms with Gasteiger partial charge < -0.3 is 5.11 Å². The lowest BCUT2D eigenvalue weighted by Crippen LogP contribution is -2.51. The van der Waals surface area contributed by atoms with Crippen LogP contribution in [0.1, 0.15) is 32.8 Å². The molecule has 19 heavy (non-hydrogen) atoms. The van der Waals surface area contributed by atoms with Crippen molar-refractivity contribution in [1.82, 2.24) is 4.90 Å². The van der Waals surface area contributed by atoms with E-state index in [-0.39, 0.29) is 24.8 Å². The van der Waals surface area contributed by atoms with Crippen molar-refractivity contribution in [3.63, 3.8) is 0 Å². The van der Waals surface area contributed by atoms with Gasteiger partial charge in [-0.1, -0.05) is 30.3 Å². The minimum absolute atomic E-state index is 0.152. The van der Waals surface area contributed by atoms with Crippen LogP contribution in [-0.4, -0.2) is 34.0 Å². The molecule has 1 saturated heterocycles. The first-order valence-corrected chi connectivity index (χ1v) is 6.37. The first-order chi connectivity index (χ1) is 8.83. The molecule has 4 nitrogen and oxygen atoms in total. The van der Waals surface area contributed by atoms with Crippen LogP contribution in [0.5, 0.6) is 0 Å². The van der Waals surface area contributed by atoms with E-state index in [9.17, 15) is 14.7 Å². The number of amides is 2. The summed E-state index contributed by atoms with van der Waals surface area (Å²) in [6.07, 6.45) is 0.152. The van der Waals surface area contributed by atoms with Crippen LogP contribution in [-0.2, 0) is 15.0 Å². The topological polar surface area (TPSA) is 57.6 Å². The van der Waals surface area contributed by atoms with Gasteiger partial charge >= 0.3 is 0 Å². The molecule has 1 aromatic carbocycles. The fourth-order valence-corrected chi connectivity index (χ4v) is 2.53. The molecule has 0 bridgehead atoms. The number of aliphatic hydroxyl groups is 1. The van der Waals surface area contributed by atoms with Gasteiger partial charge in [0.25, 0.3) is 0 Å². The summed E-state index contributed by atoms with van der Waals surface area (Å²) in [5.41, 5.74) is -0.851. The average molecular weight is 261 g/mol. The normalized spacial score (nSPS) is 24.1. The smallest absolute Gasteiger partial charge is 0.240 e. The first kappa shape index (κ1) is 13.7. The molecule has 1 atom stereocenters. The van der Waals surface area contributed by atoms with Gasteiger partial charge in [0, 0.05) is 6.42 Å². The molecule has 1 fully saturated rings. The van der Waals surface area contributed by atoms with Gasteiger partial charge in [0.2, 0.25) is 11.8 Å². The van der Waals surface area contributed by atoms with Gasteiger partial charge in [0.05, 0.1) is 17.6 Å². The molecular weight excluding hydrogens is 242 g/mol. The standard InChI is InChI=1S/C15H19NO3/c1-14(2,10-17)16-12(18)9-15(3,13(16)19)11-7-5-4-6-8-11/h4-8,17H,9-10H2,1-3H3. The van der Waals surface area contributed by atoms with Crippen LogP contribution >= 0.6 is 0 Å². The third-order valence-electron chi connectivity index (χ3n) is 3.83. The lowest BCUT2D eigenvalue weighted by atomic mass is 9.81. The van der Waals surface area contributed by atoms with Crippen LogP contribution in [0, 0.1) is 0 Å². The quantitative estimate of drug-likeness (QED) is 0.838. The highest BCUT2D eigenvalue weighted by molar-refractivity contribution is 6.09. The van der Waals surface area contributed by atoms with Gasteiger partial charge in [-0.3, -0.25) is 14.5 Å². The zero-order chi connectivity index (χ0) is 14.3. The maximum absolute atomic E-state index is 12.6. The van der Waals surface area contributed by atoms with Crippen molar-refractivity contribution in [3.8, 4) is 0 Å². The Morgan fingerprint density at radius 2 is 1.84 bits per heavy atom. The molecule has 102 valence electrons. The van der Waals surface area contributed by atoms with Gasteiger partial charge in [0.1, 0.15) is 0 Å². The number of benzene rings is 1. The molecule has 1 heterocycles. The predicted molar refractivity (Wildman–Crippen MR) is 71.4 cm³/mol. The number of hydrogen-bond acceptors (Lipinski definition) is 3. The molecule has 0 spiro atoms. The Kier molecular flexibility index (Phi) is 3.22. The molecule has 2 amide bonds. The highest BCUT2D eigenvalue weighted by atomic mass is 16.3. The van der Waals surface area contributed by atoms with Crippen molar-refractivity contribution in [3.05, 3.63) is 35.9 Å². The minimum atomic E-state index is -0.860. The Morgan fingerprint density at radius 1 is 1.26 bits per heavy atom. The van der Waals surface area contributed by atoms with Crippen molar-refractivity contribution >= 4 is 11.8 Å². The number of carbonyl (C=O) groups excluding carboxylic acids is 2. The minimum Gasteiger partial charge on any atom is -0.394 e. The molecule has 1 aliphatic heterocycles. The van der Waals surface area contributed by atoms with Crippen LogP contribution in [0.4, 0.5) is 0 Å². The van der Waals surface area contributed by atoms with Gasteiger partial charge in [0.15, 0.2) is 0 Å². The van der Waals surface area contributed by atoms with E-state index < -0.39 is 11.0 Å². The summed E-state index contributed by atoms with van der Waals surface area (Å²) in [4.78, 5) is 26.0. The highest BCUT2D eigenvalue weighted by Gasteiger charge is 2.53. The maximum atomic E-state index is 12.6. The molecule has 4 heteroatoms. The molecule has 0 saturated carbocycles. The second-order valence-electron chi connectivity index (χ2n) is 5.88. The zero-order valence-electron chi connectivity index (χ0n) is 11.5. The van der Waals surface area contributed by atoms with E-state index in [4.69, 9.17) is 0 Å². The Hall–Kier alpha value is -1.68. The van der Waals surface area contributed by atoms with Crippen molar-refractivity contribution in [2.75, 3.05) is 6.61 Å². The largest absolute Gasteiger partial charge is 0.394 e. The van der Waals surface area contributed by atoms with E-state index in [1.807, 2.05) is 30.3 Å². The van der Waals surface area contributed by atoms with Gasteiger partial charge in [-0.25, -0.2) is 0 Å².